The fourth-order valence-electron chi connectivity index (χ4n) is 2.66. The number of aromatic nitrogens is 1. The van der Waals surface area contributed by atoms with Crippen molar-refractivity contribution in [1.82, 2.24) is 4.98 Å². The van der Waals surface area contributed by atoms with E-state index in [1.165, 1.54) is 36.6 Å². The summed E-state index contributed by atoms with van der Waals surface area (Å²) >= 11 is 0. The van der Waals surface area contributed by atoms with E-state index in [-0.39, 0.29) is 0 Å². The second kappa shape index (κ2) is 4.81. The fraction of sp³-hybridized carbons (Fsp3) is 0.312. The summed E-state index contributed by atoms with van der Waals surface area (Å²) in [7, 11) is 1.34. The molecule has 0 radical (unpaired) electrons. The summed E-state index contributed by atoms with van der Waals surface area (Å²) in [4.78, 5) is 14.5. The predicted molar refractivity (Wildman–Crippen MR) is 73.8 cm³/mol. The minimum absolute atomic E-state index is 0.504. The van der Waals surface area contributed by atoms with Crippen LogP contribution >= 0.6 is 0 Å². The third-order valence-electron chi connectivity index (χ3n) is 3.59. The number of carbonyl (C=O) groups excluding carboxylic acids is 1. The Morgan fingerprint density at radius 1 is 1.32 bits per heavy atom. The number of esters is 1. The van der Waals surface area contributed by atoms with Crippen molar-refractivity contribution in [2.24, 2.45) is 0 Å². The number of carbonyl (C=O) groups is 1. The molecular weight excluding hydrogens is 238 g/mol. The molecule has 0 saturated heterocycles. The van der Waals surface area contributed by atoms with Gasteiger partial charge in [0.1, 0.15) is 0 Å². The molecule has 0 saturated carbocycles. The van der Waals surface area contributed by atoms with E-state index in [1.807, 2.05) is 12.1 Å². The van der Waals surface area contributed by atoms with Crippen molar-refractivity contribution in [3.05, 3.63) is 35.0 Å². The first-order valence-corrected chi connectivity index (χ1v) is 6.51. The number of H-pyrrole nitrogens is 1. The van der Waals surface area contributed by atoms with Crippen LogP contribution in [0.25, 0.3) is 10.9 Å². The number of rotatable bonds is 0. The van der Waals surface area contributed by atoms with Gasteiger partial charge in [0, 0.05) is 28.1 Å². The molecule has 0 unspecified atom stereocenters. The van der Waals surface area contributed by atoms with Crippen LogP contribution in [0.5, 0.6) is 0 Å². The second-order valence-electron chi connectivity index (χ2n) is 4.79. The van der Waals surface area contributed by atoms with E-state index in [0.29, 0.717) is 0 Å². The Hall–Kier alpha value is -2.21. The highest BCUT2D eigenvalue weighted by Gasteiger charge is 2.15. The van der Waals surface area contributed by atoms with E-state index in [4.69, 9.17) is 0 Å². The summed E-state index contributed by atoms with van der Waals surface area (Å²) in [6, 6.07) is 6.03. The average Bonchev–Trinajstić information content (AvgIpc) is 2.82. The van der Waals surface area contributed by atoms with Gasteiger partial charge < -0.3 is 9.72 Å². The van der Waals surface area contributed by atoms with Crippen LogP contribution in [0.4, 0.5) is 0 Å². The highest BCUT2D eigenvalue weighted by Crippen LogP contribution is 2.29. The average molecular weight is 253 g/mol. The normalized spacial score (nSPS) is 13.5. The number of benzene rings is 1. The van der Waals surface area contributed by atoms with Gasteiger partial charge in [-0.15, -0.1) is 0 Å². The van der Waals surface area contributed by atoms with E-state index in [0.717, 1.165) is 23.9 Å². The molecule has 1 aliphatic rings. The number of aryl methyl sites for hydroxylation is 2. The second-order valence-corrected chi connectivity index (χ2v) is 4.79. The van der Waals surface area contributed by atoms with Crippen LogP contribution in [0.15, 0.2) is 18.2 Å². The van der Waals surface area contributed by atoms with Crippen LogP contribution in [0.1, 0.15) is 29.7 Å². The lowest BCUT2D eigenvalue weighted by atomic mass is 9.95. The van der Waals surface area contributed by atoms with Gasteiger partial charge in [0.25, 0.3) is 0 Å². The van der Waals surface area contributed by atoms with E-state index in [1.54, 1.807) is 0 Å². The topological polar surface area (TPSA) is 42.1 Å². The number of ether oxygens (including phenoxy) is 1. The van der Waals surface area contributed by atoms with Crippen LogP contribution in [-0.4, -0.2) is 18.1 Å². The largest absolute Gasteiger partial charge is 0.459 e. The van der Waals surface area contributed by atoms with Gasteiger partial charge in [0.2, 0.25) is 0 Å². The summed E-state index contributed by atoms with van der Waals surface area (Å²) in [5, 5.41) is 1.24. The van der Waals surface area contributed by atoms with Crippen molar-refractivity contribution in [2.45, 2.75) is 25.7 Å². The molecule has 19 heavy (non-hydrogen) atoms. The van der Waals surface area contributed by atoms with E-state index >= 15 is 0 Å². The zero-order valence-electron chi connectivity index (χ0n) is 10.9. The zero-order valence-corrected chi connectivity index (χ0v) is 10.9. The Morgan fingerprint density at radius 2 is 2.16 bits per heavy atom. The molecule has 3 heteroatoms. The summed E-state index contributed by atoms with van der Waals surface area (Å²) in [6.07, 6.45) is 4.77. The van der Waals surface area contributed by atoms with Crippen molar-refractivity contribution < 1.29 is 9.53 Å². The monoisotopic (exact) mass is 253 g/mol. The van der Waals surface area contributed by atoms with Gasteiger partial charge >= 0.3 is 5.97 Å². The number of aromatic amines is 1. The van der Waals surface area contributed by atoms with Gasteiger partial charge in [-0.2, -0.15) is 0 Å². The first kappa shape index (κ1) is 11.9. The Kier molecular flexibility index (Phi) is 3.00. The van der Waals surface area contributed by atoms with Crippen LogP contribution in [0, 0.1) is 11.8 Å². The van der Waals surface area contributed by atoms with Crippen molar-refractivity contribution in [1.29, 1.82) is 0 Å². The maximum atomic E-state index is 11.0. The smallest absolute Gasteiger partial charge is 0.384 e. The molecule has 0 aliphatic heterocycles. The van der Waals surface area contributed by atoms with Gasteiger partial charge in [-0.3, -0.25) is 0 Å². The molecule has 1 aromatic carbocycles. The quantitative estimate of drug-likeness (QED) is 0.579. The molecule has 0 atom stereocenters. The molecule has 0 bridgehead atoms. The highest BCUT2D eigenvalue weighted by molar-refractivity contribution is 5.90. The van der Waals surface area contributed by atoms with Gasteiger partial charge in [0.15, 0.2) is 0 Å². The van der Waals surface area contributed by atoms with Crippen LogP contribution in [0.2, 0.25) is 0 Å². The van der Waals surface area contributed by atoms with E-state index in [2.05, 4.69) is 27.6 Å². The standard InChI is InChI=1S/C16H15NO2/c1-19-16(18)9-7-11-6-8-15-13(10-11)12-4-2-3-5-14(12)17-15/h6,8,10,17H,2-5H2,1H3. The Bertz CT molecular complexity index is 701. The molecule has 3 rings (SSSR count). The van der Waals surface area contributed by atoms with Crippen LogP contribution < -0.4 is 0 Å². The summed E-state index contributed by atoms with van der Waals surface area (Å²) in [6.45, 7) is 0. The number of nitrogens with one attached hydrogen (secondary N) is 1. The van der Waals surface area contributed by atoms with Crippen molar-refractivity contribution in [3.8, 4) is 11.8 Å². The van der Waals surface area contributed by atoms with Gasteiger partial charge in [-0.05, 0) is 49.4 Å². The number of methoxy groups -OCH3 is 1. The molecule has 1 aliphatic carbocycles. The van der Waals surface area contributed by atoms with E-state index in [9.17, 15) is 4.79 Å². The molecule has 0 amide bonds. The van der Waals surface area contributed by atoms with Crippen LogP contribution in [-0.2, 0) is 22.4 Å². The number of hydrogen-bond donors (Lipinski definition) is 1. The Labute approximate surface area is 112 Å². The van der Waals surface area contributed by atoms with Crippen molar-refractivity contribution in [2.75, 3.05) is 7.11 Å². The van der Waals surface area contributed by atoms with Crippen molar-refractivity contribution in [3.63, 3.8) is 0 Å². The van der Waals surface area contributed by atoms with Gasteiger partial charge in [-0.1, -0.05) is 5.92 Å². The molecule has 2 aromatic rings. The third kappa shape index (κ3) is 2.22. The maximum Gasteiger partial charge on any atom is 0.384 e. The third-order valence-corrected chi connectivity index (χ3v) is 3.59. The number of hydrogen-bond acceptors (Lipinski definition) is 2. The number of fused-ring (bicyclic) bond motifs is 3. The summed E-state index contributed by atoms with van der Waals surface area (Å²) in [5.74, 6) is 4.81. The van der Waals surface area contributed by atoms with E-state index < -0.39 is 5.97 Å². The molecule has 0 fully saturated rings. The zero-order chi connectivity index (χ0) is 13.2. The fourth-order valence-corrected chi connectivity index (χ4v) is 2.66. The van der Waals surface area contributed by atoms with Crippen molar-refractivity contribution >= 4 is 16.9 Å². The maximum absolute atomic E-state index is 11.0. The van der Waals surface area contributed by atoms with Crippen LogP contribution in [0.3, 0.4) is 0 Å². The Morgan fingerprint density at radius 3 is 3.00 bits per heavy atom. The molecular formula is C16H15NO2. The first-order valence-electron chi connectivity index (χ1n) is 6.51. The Balaban J connectivity index is 2.04. The predicted octanol–water partition coefficient (Wildman–Crippen LogP) is 2.57. The molecule has 0 spiro atoms. The first-order chi connectivity index (χ1) is 9.28. The van der Waals surface area contributed by atoms with Gasteiger partial charge in [-0.25, -0.2) is 4.79 Å². The minimum Gasteiger partial charge on any atom is -0.459 e. The lowest BCUT2D eigenvalue weighted by Gasteiger charge is -2.10. The molecule has 1 aromatic heterocycles. The molecule has 1 N–H and O–H groups in total. The highest BCUT2D eigenvalue weighted by atomic mass is 16.5. The lowest BCUT2D eigenvalue weighted by Crippen LogP contribution is -2.00. The summed E-state index contributed by atoms with van der Waals surface area (Å²) < 4.78 is 4.52. The SMILES string of the molecule is COC(=O)C#Cc1ccc2[nH]c3c(c2c1)CCCC3. The lowest BCUT2D eigenvalue weighted by molar-refractivity contribution is -0.133. The molecule has 1 heterocycles. The summed E-state index contributed by atoms with van der Waals surface area (Å²) in [5.41, 5.74) is 4.79. The molecule has 3 nitrogen and oxygen atoms in total. The molecule has 96 valence electrons. The van der Waals surface area contributed by atoms with Gasteiger partial charge in [0.05, 0.1) is 7.11 Å². The minimum atomic E-state index is -0.504.